The van der Waals surface area contributed by atoms with Crippen LogP contribution in [0.4, 0.5) is 13.2 Å². The van der Waals surface area contributed by atoms with Gasteiger partial charge < -0.3 is 5.32 Å². The van der Waals surface area contributed by atoms with Crippen LogP contribution in [-0.4, -0.2) is 12.1 Å². The fourth-order valence-corrected chi connectivity index (χ4v) is 0.175. The van der Waals surface area contributed by atoms with Crippen LogP contribution in [-0.2, 0) is 4.79 Å². The monoisotopic (exact) mass is 139 g/mol. The molecular weight excluding hydrogens is 135 g/mol. The van der Waals surface area contributed by atoms with E-state index >= 15 is 0 Å². The molecule has 0 bridgehead atoms. The van der Waals surface area contributed by atoms with Crippen LogP contribution in [0.1, 0.15) is 0 Å². The zero-order chi connectivity index (χ0) is 7.49. The molecule has 9 heavy (non-hydrogen) atoms. The van der Waals surface area contributed by atoms with Gasteiger partial charge in [-0.05, 0) is 6.20 Å². The highest BCUT2D eigenvalue weighted by Gasteiger charge is 2.37. The highest BCUT2D eigenvalue weighted by Crippen LogP contribution is 2.13. The lowest BCUT2D eigenvalue weighted by molar-refractivity contribution is -0.172. The molecule has 0 radical (unpaired) electrons. The van der Waals surface area contributed by atoms with Crippen LogP contribution < -0.4 is 5.32 Å². The van der Waals surface area contributed by atoms with E-state index in [-0.39, 0.29) is 0 Å². The van der Waals surface area contributed by atoms with Gasteiger partial charge in [-0.25, -0.2) is 0 Å². The third-order valence-corrected chi connectivity index (χ3v) is 0.491. The summed E-state index contributed by atoms with van der Waals surface area (Å²) in [5.74, 6) is -2.00. The summed E-state index contributed by atoms with van der Waals surface area (Å²) in [6.07, 6.45) is -4.13. The number of rotatable bonds is 1. The minimum absolute atomic E-state index is 0.676. The molecule has 0 aromatic heterocycles. The van der Waals surface area contributed by atoms with Crippen molar-refractivity contribution in [3.05, 3.63) is 12.8 Å². The number of carbonyl (C=O) groups is 1. The molecule has 0 spiro atoms. The fraction of sp³-hybridized carbons (Fsp3) is 0.250. The van der Waals surface area contributed by atoms with E-state index in [1.165, 1.54) is 5.32 Å². The number of carbonyl (C=O) groups excluding carboxylic acids is 1. The minimum Gasteiger partial charge on any atom is -0.325 e. The van der Waals surface area contributed by atoms with Crippen molar-refractivity contribution < 1.29 is 18.0 Å². The Balaban J connectivity index is 3.88. The Labute approximate surface area is 49.4 Å². The Hall–Kier alpha value is -1.00. The number of halogens is 3. The van der Waals surface area contributed by atoms with Crippen molar-refractivity contribution in [2.45, 2.75) is 6.18 Å². The summed E-state index contributed by atoms with van der Waals surface area (Å²) in [6, 6.07) is 0. The first-order valence-electron chi connectivity index (χ1n) is 1.97. The van der Waals surface area contributed by atoms with Crippen LogP contribution in [0.3, 0.4) is 0 Å². The lowest BCUT2D eigenvalue weighted by Gasteiger charge is -2.01. The number of alkyl halides is 3. The lowest BCUT2D eigenvalue weighted by atomic mass is 10.6. The second-order valence-electron chi connectivity index (χ2n) is 1.18. The molecule has 0 rings (SSSR count). The molecule has 0 aliphatic carbocycles. The lowest BCUT2D eigenvalue weighted by Crippen LogP contribution is -2.33. The summed E-state index contributed by atoms with van der Waals surface area (Å²) < 4.78 is 33.5. The first-order valence-corrected chi connectivity index (χ1v) is 1.97. The highest BCUT2D eigenvalue weighted by molar-refractivity contribution is 5.82. The van der Waals surface area contributed by atoms with E-state index in [1.807, 2.05) is 0 Å². The van der Waals surface area contributed by atoms with Gasteiger partial charge in [0.1, 0.15) is 0 Å². The molecule has 0 heterocycles. The topological polar surface area (TPSA) is 29.1 Å². The minimum atomic E-state index is -4.81. The van der Waals surface area contributed by atoms with E-state index in [1.54, 1.807) is 0 Å². The molecule has 2 nitrogen and oxygen atoms in total. The first kappa shape index (κ1) is 8.00. The van der Waals surface area contributed by atoms with E-state index in [2.05, 4.69) is 6.58 Å². The van der Waals surface area contributed by atoms with E-state index in [0.29, 0.717) is 6.20 Å². The van der Waals surface area contributed by atoms with Crippen LogP contribution in [0.15, 0.2) is 12.8 Å². The predicted octanol–water partition coefficient (Wildman–Crippen LogP) is 0.808. The molecule has 0 atom stereocenters. The maximum Gasteiger partial charge on any atom is 0.471 e. The number of hydrogen-bond donors (Lipinski definition) is 1. The smallest absolute Gasteiger partial charge is 0.325 e. The highest BCUT2D eigenvalue weighted by atomic mass is 19.4. The van der Waals surface area contributed by atoms with Crippen molar-refractivity contribution in [1.82, 2.24) is 5.32 Å². The summed E-state index contributed by atoms with van der Waals surface area (Å²) in [7, 11) is 0. The van der Waals surface area contributed by atoms with Crippen LogP contribution in [0.25, 0.3) is 0 Å². The average Bonchev–Trinajstić information content (AvgIpc) is 1.64. The molecule has 0 saturated carbocycles. The van der Waals surface area contributed by atoms with Crippen LogP contribution >= 0.6 is 0 Å². The number of hydrogen-bond acceptors (Lipinski definition) is 1. The molecular formula is C4H4F3NO. The van der Waals surface area contributed by atoms with Crippen molar-refractivity contribution in [2.24, 2.45) is 0 Å². The zero-order valence-corrected chi connectivity index (χ0v) is 4.33. The third-order valence-electron chi connectivity index (χ3n) is 0.491. The quantitative estimate of drug-likeness (QED) is 0.572. The van der Waals surface area contributed by atoms with Gasteiger partial charge in [-0.15, -0.1) is 0 Å². The second-order valence-corrected chi connectivity index (χ2v) is 1.18. The second kappa shape index (κ2) is 2.52. The Bertz CT molecular complexity index is 128. The molecule has 0 aliphatic heterocycles. The molecule has 52 valence electrons. The van der Waals surface area contributed by atoms with E-state index in [0.717, 1.165) is 0 Å². The molecule has 0 aromatic rings. The average molecular weight is 139 g/mol. The van der Waals surface area contributed by atoms with Gasteiger partial charge in [0.2, 0.25) is 0 Å². The van der Waals surface area contributed by atoms with Crippen molar-refractivity contribution in [2.75, 3.05) is 0 Å². The van der Waals surface area contributed by atoms with Crippen molar-refractivity contribution in [3.8, 4) is 0 Å². The molecule has 0 unspecified atom stereocenters. The summed E-state index contributed by atoms with van der Waals surface area (Å²) in [4.78, 5) is 9.76. The standard InChI is InChI=1S/C4H4F3NO/c1-2-8-3(9)4(5,6)7/h2H,1H2,(H,8,9). The SMILES string of the molecule is C=CNC(=O)C(F)(F)F. The number of nitrogens with one attached hydrogen (secondary N) is 1. The third kappa shape index (κ3) is 2.73. The summed E-state index contributed by atoms with van der Waals surface area (Å²) in [6.45, 7) is 2.88. The molecule has 0 fully saturated rings. The molecule has 0 saturated heterocycles. The van der Waals surface area contributed by atoms with Crippen LogP contribution in [0.2, 0.25) is 0 Å². The predicted molar refractivity (Wildman–Crippen MR) is 24.4 cm³/mol. The zero-order valence-electron chi connectivity index (χ0n) is 4.33. The van der Waals surface area contributed by atoms with E-state index in [4.69, 9.17) is 0 Å². The van der Waals surface area contributed by atoms with Gasteiger partial charge in [-0.2, -0.15) is 13.2 Å². The van der Waals surface area contributed by atoms with Gasteiger partial charge in [-0.3, -0.25) is 4.79 Å². The molecule has 5 heteroatoms. The van der Waals surface area contributed by atoms with E-state index < -0.39 is 12.1 Å². The van der Waals surface area contributed by atoms with Gasteiger partial charge in [0, 0.05) is 0 Å². The van der Waals surface area contributed by atoms with Crippen LogP contribution in [0, 0.1) is 0 Å². The fourth-order valence-electron chi connectivity index (χ4n) is 0.175. The maximum absolute atomic E-state index is 11.2. The van der Waals surface area contributed by atoms with Gasteiger partial charge in [0.15, 0.2) is 0 Å². The van der Waals surface area contributed by atoms with Gasteiger partial charge >= 0.3 is 12.1 Å². The molecule has 0 aliphatic rings. The van der Waals surface area contributed by atoms with E-state index in [9.17, 15) is 18.0 Å². The number of amides is 1. The normalized spacial score (nSPS) is 10.6. The largest absolute Gasteiger partial charge is 0.471 e. The van der Waals surface area contributed by atoms with Gasteiger partial charge in [0.25, 0.3) is 0 Å². The Kier molecular flexibility index (Phi) is 2.24. The first-order chi connectivity index (χ1) is 3.98. The summed E-state index contributed by atoms with van der Waals surface area (Å²) in [5.41, 5.74) is 0. The molecule has 1 amide bonds. The van der Waals surface area contributed by atoms with Gasteiger partial charge in [-0.1, -0.05) is 6.58 Å². The molecule has 0 aromatic carbocycles. The maximum atomic E-state index is 11.2. The molecule has 1 N–H and O–H groups in total. The van der Waals surface area contributed by atoms with Gasteiger partial charge in [0.05, 0.1) is 0 Å². The Morgan fingerprint density at radius 2 is 2.00 bits per heavy atom. The van der Waals surface area contributed by atoms with Crippen molar-refractivity contribution in [3.63, 3.8) is 0 Å². The Morgan fingerprint density at radius 1 is 1.56 bits per heavy atom. The summed E-state index contributed by atoms with van der Waals surface area (Å²) >= 11 is 0. The van der Waals surface area contributed by atoms with Crippen molar-refractivity contribution >= 4 is 5.91 Å². The summed E-state index contributed by atoms with van der Waals surface area (Å²) in [5, 5.41) is 1.39. The van der Waals surface area contributed by atoms with Crippen LogP contribution in [0.5, 0.6) is 0 Å². The Morgan fingerprint density at radius 3 is 2.11 bits per heavy atom. The van der Waals surface area contributed by atoms with Crippen molar-refractivity contribution in [1.29, 1.82) is 0 Å².